The number of imidazole rings is 1. The second-order valence-corrected chi connectivity index (χ2v) is 6.36. The molecular formula is C16H27N3S. The van der Waals surface area contributed by atoms with Crippen LogP contribution >= 0.6 is 11.3 Å². The van der Waals surface area contributed by atoms with Crippen LogP contribution < -0.4 is 5.32 Å². The predicted molar refractivity (Wildman–Crippen MR) is 87.6 cm³/mol. The van der Waals surface area contributed by atoms with E-state index in [2.05, 4.69) is 41.3 Å². The summed E-state index contributed by atoms with van der Waals surface area (Å²) in [4.78, 5) is 5.80. The molecule has 0 bridgehead atoms. The minimum atomic E-state index is 0.575. The minimum absolute atomic E-state index is 0.575. The maximum Gasteiger partial charge on any atom is 0.193 e. The van der Waals surface area contributed by atoms with Crippen LogP contribution in [0.2, 0.25) is 0 Å². The van der Waals surface area contributed by atoms with Crippen LogP contribution in [0, 0.1) is 0 Å². The Morgan fingerprint density at radius 1 is 1.25 bits per heavy atom. The topological polar surface area (TPSA) is 29.3 Å². The Balaban J connectivity index is 1.80. The summed E-state index contributed by atoms with van der Waals surface area (Å²) in [5.74, 6) is 0. The normalized spacial score (nSPS) is 13.1. The number of nitrogens with one attached hydrogen (secondary N) is 1. The first-order valence-corrected chi connectivity index (χ1v) is 8.86. The van der Waals surface area contributed by atoms with Crippen molar-refractivity contribution in [3.8, 4) is 0 Å². The van der Waals surface area contributed by atoms with Crippen LogP contribution in [0.15, 0.2) is 17.8 Å². The summed E-state index contributed by atoms with van der Waals surface area (Å²) in [7, 11) is 0. The summed E-state index contributed by atoms with van der Waals surface area (Å²) in [5, 5.41) is 5.70. The van der Waals surface area contributed by atoms with Crippen molar-refractivity contribution in [1.82, 2.24) is 14.7 Å². The molecule has 0 spiro atoms. The highest BCUT2D eigenvalue weighted by Gasteiger charge is 2.11. The molecule has 3 nitrogen and oxygen atoms in total. The number of fused-ring (bicyclic) bond motifs is 1. The average molecular weight is 293 g/mol. The zero-order chi connectivity index (χ0) is 14.2. The number of hydrogen-bond acceptors (Lipinski definition) is 3. The molecule has 2 heterocycles. The molecule has 0 saturated heterocycles. The summed E-state index contributed by atoms with van der Waals surface area (Å²) in [6.07, 6.45) is 13.4. The lowest BCUT2D eigenvalue weighted by molar-refractivity contribution is 0.458. The molecule has 2 aromatic rings. The molecule has 0 fully saturated rings. The quantitative estimate of drug-likeness (QED) is 0.663. The Labute approximate surface area is 126 Å². The first kappa shape index (κ1) is 15.5. The molecule has 20 heavy (non-hydrogen) atoms. The van der Waals surface area contributed by atoms with E-state index in [1.807, 2.05) is 0 Å². The Bertz CT molecular complexity index is 460. The molecule has 0 amide bonds. The number of aromatic nitrogens is 2. The van der Waals surface area contributed by atoms with Gasteiger partial charge in [0.1, 0.15) is 0 Å². The molecule has 0 aliphatic carbocycles. The Morgan fingerprint density at radius 3 is 2.85 bits per heavy atom. The van der Waals surface area contributed by atoms with Gasteiger partial charge < -0.3 is 5.32 Å². The molecule has 1 N–H and O–H groups in total. The average Bonchev–Trinajstić information content (AvgIpc) is 2.99. The fraction of sp³-hybridized carbons (Fsp3) is 0.688. The van der Waals surface area contributed by atoms with Gasteiger partial charge in [-0.1, -0.05) is 46.0 Å². The molecule has 0 saturated carbocycles. The summed E-state index contributed by atoms with van der Waals surface area (Å²) in [5.41, 5.74) is 1.22. The second kappa shape index (κ2) is 8.42. The molecule has 0 radical (unpaired) electrons. The van der Waals surface area contributed by atoms with Gasteiger partial charge in [0, 0.05) is 30.2 Å². The lowest BCUT2D eigenvalue weighted by Gasteiger charge is -2.16. The van der Waals surface area contributed by atoms with E-state index in [0.717, 1.165) is 17.9 Å². The van der Waals surface area contributed by atoms with Gasteiger partial charge in [-0.2, -0.15) is 0 Å². The molecule has 4 heteroatoms. The van der Waals surface area contributed by atoms with Crippen LogP contribution in [0.5, 0.6) is 0 Å². The maximum absolute atomic E-state index is 4.69. The fourth-order valence-corrected chi connectivity index (χ4v) is 3.41. The van der Waals surface area contributed by atoms with Gasteiger partial charge >= 0.3 is 0 Å². The number of nitrogens with zero attached hydrogens (tertiary/aromatic N) is 2. The summed E-state index contributed by atoms with van der Waals surface area (Å²) < 4.78 is 2.13. The minimum Gasteiger partial charge on any atom is -0.314 e. The van der Waals surface area contributed by atoms with E-state index < -0.39 is 0 Å². The van der Waals surface area contributed by atoms with Crippen molar-refractivity contribution in [2.24, 2.45) is 0 Å². The van der Waals surface area contributed by atoms with Crippen LogP contribution in [-0.2, 0) is 6.42 Å². The van der Waals surface area contributed by atoms with Crippen molar-refractivity contribution in [3.63, 3.8) is 0 Å². The predicted octanol–water partition coefficient (Wildman–Crippen LogP) is 4.28. The molecular weight excluding hydrogens is 266 g/mol. The molecule has 2 aromatic heterocycles. The monoisotopic (exact) mass is 293 g/mol. The number of unbranched alkanes of at least 4 members (excludes halogenated alkanes) is 4. The van der Waals surface area contributed by atoms with Gasteiger partial charge in [-0.05, 0) is 13.0 Å². The summed E-state index contributed by atoms with van der Waals surface area (Å²) in [6.45, 7) is 5.50. The van der Waals surface area contributed by atoms with E-state index in [9.17, 15) is 0 Å². The number of hydrogen-bond donors (Lipinski definition) is 1. The first-order chi connectivity index (χ1) is 9.83. The Hall–Kier alpha value is -0.870. The third-order valence-electron chi connectivity index (χ3n) is 3.75. The Morgan fingerprint density at radius 2 is 2.10 bits per heavy atom. The molecule has 1 atom stereocenters. The van der Waals surface area contributed by atoms with Gasteiger partial charge in [-0.25, -0.2) is 4.98 Å². The standard InChI is InChI=1S/C16H27N3S/c1-3-5-6-7-8-9-14(17-4-2)12-15-13-19-10-11-20-16(19)18-15/h10-11,13-14,17H,3-9,12H2,1-2H3. The van der Waals surface area contributed by atoms with Crippen molar-refractivity contribution in [2.75, 3.05) is 6.54 Å². The molecule has 0 aliphatic heterocycles. The highest BCUT2D eigenvalue weighted by atomic mass is 32.1. The van der Waals surface area contributed by atoms with Crippen LogP contribution in [0.4, 0.5) is 0 Å². The highest BCUT2D eigenvalue weighted by Crippen LogP contribution is 2.15. The van der Waals surface area contributed by atoms with E-state index in [1.54, 1.807) is 11.3 Å². The number of likely N-dealkylation sites (N-methyl/N-ethyl adjacent to an activating group) is 1. The molecule has 2 rings (SSSR count). The maximum atomic E-state index is 4.69. The van der Waals surface area contributed by atoms with E-state index >= 15 is 0 Å². The van der Waals surface area contributed by atoms with E-state index in [-0.39, 0.29) is 0 Å². The second-order valence-electron chi connectivity index (χ2n) is 5.49. The van der Waals surface area contributed by atoms with E-state index in [0.29, 0.717) is 6.04 Å². The zero-order valence-electron chi connectivity index (χ0n) is 12.8. The van der Waals surface area contributed by atoms with Crippen molar-refractivity contribution in [2.45, 2.75) is 64.8 Å². The van der Waals surface area contributed by atoms with E-state index in [4.69, 9.17) is 4.98 Å². The van der Waals surface area contributed by atoms with Gasteiger partial charge in [0.25, 0.3) is 0 Å². The van der Waals surface area contributed by atoms with Gasteiger partial charge in [0.05, 0.1) is 5.69 Å². The number of rotatable bonds is 10. The van der Waals surface area contributed by atoms with Gasteiger partial charge in [-0.3, -0.25) is 4.40 Å². The lowest BCUT2D eigenvalue weighted by atomic mass is 10.0. The largest absolute Gasteiger partial charge is 0.314 e. The van der Waals surface area contributed by atoms with Crippen LogP contribution in [0.3, 0.4) is 0 Å². The Kier molecular flexibility index (Phi) is 6.54. The molecule has 0 aromatic carbocycles. The summed E-state index contributed by atoms with van der Waals surface area (Å²) in [6, 6.07) is 0.575. The SMILES string of the molecule is CCCCCCCC(Cc1cn2ccsc2n1)NCC. The van der Waals surface area contributed by atoms with Crippen molar-refractivity contribution >= 4 is 16.3 Å². The first-order valence-electron chi connectivity index (χ1n) is 7.98. The highest BCUT2D eigenvalue weighted by molar-refractivity contribution is 7.15. The third-order valence-corrected chi connectivity index (χ3v) is 4.52. The zero-order valence-corrected chi connectivity index (χ0v) is 13.6. The molecule has 112 valence electrons. The van der Waals surface area contributed by atoms with Gasteiger partial charge in [0.15, 0.2) is 4.96 Å². The van der Waals surface area contributed by atoms with Gasteiger partial charge in [0.2, 0.25) is 0 Å². The third kappa shape index (κ3) is 4.60. The molecule has 0 aliphatic rings. The van der Waals surface area contributed by atoms with Gasteiger partial charge in [-0.15, -0.1) is 11.3 Å². The lowest BCUT2D eigenvalue weighted by Crippen LogP contribution is -2.31. The molecule has 1 unspecified atom stereocenters. The smallest absolute Gasteiger partial charge is 0.193 e. The van der Waals surface area contributed by atoms with Crippen molar-refractivity contribution in [3.05, 3.63) is 23.5 Å². The van der Waals surface area contributed by atoms with Crippen LogP contribution in [0.1, 0.15) is 58.1 Å². The van der Waals surface area contributed by atoms with Crippen LogP contribution in [-0.4, -0.2) is 22.0 Å². The van der Waals surface area contributed by atoms with Crippen molar-refractivity contribution in [1.29, 1.82) is 0 Å². The summed E-state index contributed by atoms with van der Waals surface area (Å²) >= 11 is 1.71. The fourth-order valence-electron chi connectivity index (χ4n) is 2.69. The van der Waals surface area contributed by atoms with E-state index in [1.165, 1.54) is 44.2 Å². The number of thiazole rings is 1. The van der Waals surface area contributed by atoms with Crippen molar-refractivity contribution < 1.29 is 0 Å². The van der Waals surface area contributed by atoms with Crippen LogP contribution in [0.25, 0.3) is 4.96 Å².